The van der Waals surface area contributed by atoms with E-state index in [0.717, 1.165) is 17.8 Å². The number of thioether (sulfide) groups is 1. The van der Waals surface area contributed by atoms with Crippen LogP contribution in [0.3, 0.4) is 0 Å². The maximum Gasteiger partial charge on any atom is 0.336 e. The normalized spacial score (nSPS) is 19.2. The van der Waals surface area contributed by atoms with Gasteiger partial charge in [0.2, 0.25) is 0 Å². The first-order valence-corrected chi connectivity index (χ1v) is 6.98. The van der Waals surface area contributed by atoms with Gasteiger partial charge in [0.25, 0.3) is 0 Å². The Hall–Kier alpha value is -1.16. The third-order valence-corrected chi connectivity index (χ3v) is 4.40. The van der Waals surface area contributed by atoms with E-state index in [0.29, 0.717) is 11.5 Å². The van der Waals surface area contributed by atoms with Gasteiger partial charge in [-0.15, -0.1) is 0 Å². The van der Waals surface area contributed by atoms with Crippen LogP contribution in [0.1, 0.15) is 22.3 Å². The Kier molecular flexibility index (Phi) is 3.94. The van der Waals surface area contributed by atoms with Gasteiger partial charge in [0, 0.05) is 12.2 Å². The van der Waals surface area contributed by atoms with Gasteiger partial charge in [-0.05, 0) is 48.5 Å². The summed E-state index contributed by atoms with van der Waals surface area (Å²) in [4.78, 5) is 11.0. The minimum Gasteiger partial charge on any atom is -0.478 e. The number of carbonyl (C=O) groups is 1. The van der Waals surface area contributed by atoms with Gasteiger partial charge < -0.3 is 10.4 Å². The molecule has 0 saturated carbocycles. The van der Waals surface area contributed by atoms with E-state index >= 15 is 0 Å². The Bertz CT molecular complexity index is 414. The molecule has 1 aliphatic heterocycles. The third-order valence-electron chi connectivity index (χ3n) is 3.17. The Labute approximate surface area is 106 Å². The number of hydrogen-bond donors (Lipinski definition) is 2. The zero-order valence-corrected chi connectivity index (χ0v) is 10.7. The van der Waals surface area contributed by atoms with Gasteiger partial charge in [-0.2, -0.15) is 11.8 Å². The fraction of sp³-hybridized carbons (Fsp3) is 0.462. The fourth-order valence-electron chi connectivity index (χ4n) is 2.06. The van der Waals surface area contributed by atoms with Crippen LogP contribution in [0.25, 0.3) is 0 Å². The minimum atomic E-state index is -0.859. The summed E-state index contributed by atoms with van der Waals surface area (Å²) in [5.74, 6) is 2.32. The maximum atomic E-state index is 11.0. The van der Waals surface area contributed by atoms with Crippen LogP contribution < -0.4 is 5.32 Å². The van der Waals surface area contributed by atoms with E-state index < -0.39 is 5.97 Å². The van der Waals surface area contributed by atoms with Crippen molar-refractivity contribution in [2.45, 2.75) is 13.3 Å². The van der Waals surface area contributed by atoms with Crippen LogP contribution in [0.4, 0.5) is 5.69 Å². The molecule has 2 N–H and O–H groups in total. The Balaban J connectivity index is 2.04. The first-order valence-electron chi connectivity index (χ1n) is 5.83. The minimum absolute atomic E-state index is 0.385. The molecule has 3 nitrogen and oxygen atoms in total. The number of rotatable bonds is 4. The highest BCUT2D eigenvalue weighted by Gasteiger charge is 2.16. The molecule has 1 atom stereocenters. The second-order valence-corrected chi connectivity index (χ2v) is 5.54. The first kappa shape index (κ1) is 12.3. The zero-order chi connectivity index (χ0) is 12.3. The van der Waals surface area contributed by atoms with E-state index in [2.05, 4.69) is 5.32 Å². The summed E-state index contributed by atoms with van der Waals surface area (Å²) in [6.07, 6.45) is 1.26. The Morgan fingerprint density at radius 1 is 1.59 bits per heavy atom. The van der Waals surface area contributed by atoms with Gasteiger partial charge in [0.1, 0.15) is 0 Å². The number of benzene rings is 1. The van der Waals surface area contributed by atoms with E-state index in [4.69, 9.17) is 5.11 Å². The molecule has 0 amide bonds. The van der Waals surface area contributed by atoms with Crippen molar-refractivity contribution in [1.82, 2.24) is 0 Å². The Morgan fingerprint density at radius 2 is 2.41 bits per heavy atom. The summed E-state index contributed by atoms with van der Waals surface area (Å²) in [7, 11) is 0. The molecular formula is C13H17NO2S. The van der Waals surface area contributed by atoms with Gasteiger partial charge in [0.15, 0.2) is 0 Å². The highest BCUT2D eigenvalue weighted by atomic mass is 32.2. The molecule has 17 heavy (non-hydrogen) atoms. The van der Waals surface area contributed by atoms with E-state index in [-0.39, 0.29) is 0 Å². The van der Waals surface area contributed by atoms with E-state index in [1.54, 1.807) is 12.1 Å². The van der Waals surface area contributed by atoms with E-state index in [1.165, 1.54) is 17.9 Å². The predicted octanol–water partition coefficient (Wildman–Crippen LogP) is 2.86. The smallest absolute Gasteiger partial charge is 0.336 e. The average Bonchev–Trinajstić information content (AvgIpc) is 2.80. The lowest BCUT2D eigenvalue weighted by molar-refractivity contribution is 0.0696. The quantitative estimate of drug-likeness (QED) is 0.864. The lowest BCUT2D eigenvalue weighted by atomic mass is 10.1. The summed E-state index contributed by atoms with van der Waals surface area (Å²) in [5, 5.41) is 12.4. The van der Waals surface area contributed by atoms with Crippen LogP contribution in [0.5, 0.6) is 0 Å². The molecule has 0 radical (unpaired) electrons. The molecule has 0 bridgehead atoms. The second-order valence-electron chi connectivity index (χ2n) is 4.39. The standard InChI is InChI=1S/C13H17NO2S/c1-9-11(13(15)16)3-2-4-12(9)14-7-10-5-6-17-8-10/h2-4,10,14H,5-8H2,1H3,(H,15,16). The SMILES string of the molecule is Cc1c(NCC2CCSC2)cccc1C(=O)O. The van der Waals surface area contributed by atoms with Crippen LogP contribution in [-0.2, 0) is 0 Å². The van der Waals surface area contributed by atoms with Gasteiger partial charge in [-0.1, -0.05) is 6.07 Å². The summed E-state index contributed by atoms with van der Waals surface area (Å²) in [5.41, 5.74) is 2.16. The number of hydrogen-bond acceptors (Lipinski definition) is 3. The lowest BCUT2D eigenvalue weighted by Crippen LogP contribution is -2.14. The van der Waals surface area contributed by atoms with Gasteiger partial charge in [-0.3, -0.25) is 0 Å². The van der Waals surface area contributed by atoms with Crippen LogP contribution in [0.15, 0.2) is 18.2 Å². The highest BCUT2D eigenvalue weighted by Crippen LogP contribution is 2.25. The number of aromatic carboxylic acids is 1. The molecule has 1 unspecified atom stereocenters. The van der Waals surface area contributed by atoms with Crippen molar-refractivity contribution in [2.24, 2.45) is 5.92 Å². The molecule has 1 aromatic carbocycles. The molecule has 1 fully saturated rings. The molecule has 0 spiro atoms. The fourth-order valence-corrected chi connectivity index (χ4v) is 3.34. The largest absolute Gasteiger partial charge is 0.478 e. The van der Waals surface area contributed by atoms with Crippen LogP contribution >= 0.6 is 11.8 Å². The van der Waals surface area contributed by atoms with Crippen molar-refractivity contribution in [2.75, 3.05) is 23.4 Å². The molecular weight excluding hydrogens is 234 g/mol. The summed E-state index contributed by atoms with van der Waals surface area (Å²) in [6.45, 7) is 2.80. The highest BCUT2D eigenvalue weighted by molar-refractivity contribution is 7.99. The summed E-state index contributed by atoms with van der Waals surface area (Å²) >= 11 is 2.00. The molecule has 0 aliphatic carbocycles. The number of carboxylic acids is 1. The van der Waals surface area contributed by atoms with E-state index in [1.807, 2.05) is 24.8 Å². The topological polar surface area (TPSA) is 49.3 Å². The first-order chi connectivity index (χ1) is 8.18. The maximum absolute atomic E-state index is 11.0. The number of carboxylic acid groups (broad SMARTS) is 1. The van der Waals surface area contributed by atoms with E-state index in [9.17, 15) is 4.79 Å². The number of nitrogens with one attached hydrogen (secondary N) is 1. The molecule has 1 heterocycles. The van der Waals surface area contributed by atoms with Gasteiger partial charge >= 0.3 is 5.97 Å². The van der Waals surface area contributed by atoms with Gasteiger partial charge in [-0.25, -0.2) is 4.79 Å². The van der Waals surface area contributed by atoms with Crippen LogP contribution in [-0.4, -0.2) is 29.1 Å². The van der Waals surface area contributed by atoms with Crippen LogP contribution in [0.2, 0.25) is 0 Å². The van der Waals surface area contributed by atoms with Crippen molar-refractivity contribution in [1.29, 1.82) is 0 Å². The van der Waals surface area contributed by atoms with Gasteiger partial charge in [0.05, 0.1) is 5.56 Å². The molecule has 1 aromatic rings. The molecule has 0 aromatic heterocycles. The summed E-state index contributed by atoms with van der Waals surface area (Å²) in [6, 6.07) is 5.39. The van der Waals surface area contributed by atoms with Crippen molar-refractivity contribution in [3.63, 3.8) is 0 Å². The number of anilines is 1. The lowest BCUT2D eigenvalue weighted by Gasteiger charge is -2.14. The molecule has 4 heteroatoms. The van der Waals surface area contributed by atoms with Crippen molar-refractivity contribution in [3.8, 4) is 0 Å². The molecule has 1 aliphatic rings. The molecule has 92 valence electrons. The molecule has 1 saturated heterocycles. The second kappa shape index (κ2) is 5.45. The molecule has 2 rings (SSSR count). The monoisotopic (exact) mass is 251 g/mol. The summed E-state index contributed by atoms with van der Waals surface area (Å²) < 4.78 is 0. The van der Waals surface area contributed by atoms with Crippen molar-refractivity contribution in [3.05, 3.63) is 29.3 Å². The third kappa shape index (κ3) is 2.94. The Morgan fingerprint density at radius 3 is 3.06 bits per heavy atom. The zero-order valence-electron chi connectivity index (χ0n) is 9.90. The van der Waals surface area contributed by atoms with Crippen molar-refractivity contribution >= 4 is 23.4 Å². The van der Waals surface area contributed by atoms with Crippen molar-refractivity contribution < 1.29 is 9.90 Å². The van der Waals surface area contributed by atoms with Crippen LogP contribution in [0, 0.1) is 12.8 Å². The predicted molar refractivity (Wildman–Crippen MR) is 72.1 cm³/mol. The average molecular weight is 251 g/mol.